The summed E-state index contributed by atoms with van der Waals surface area (Å²) in [6.07, 6.45) is 1.35. The first kappa shape index (κ1) is 15.8. The summed E-state index contributed by atoms with van der Waals surface area (Å²) in [5.41, 5.74) is 8.56. The number of aromatic nitrogens is 1. The minimum Gasteiger partial charge on any atom is -0.444 e. The van der Waals surface area contributed by atoms with E-state index in [4.69, 9.17) is 10.2 Å². The highest BCUT2D eigenvalue weighted by Gasteiger charge is 2.15. The fraction of sp³-hybridized carbons (Fsp3) is 0.158. The van der Waals surface area contributed by atoms with Gasteiger partial charge in [0.2, 0.25) is 5.89 Å². The molecule has 1 unspecified atom stereocenters. The first-order valence-electron chi connectivity index (χ1n) is 7.78. The Labute approximate surface area is 140 Å². The third-order valence-electron chi connectivity index (χ3n) is 3.87. The number of carbonyl (C=O) groups excluding carboxylic acids is 1. The number of carbonyl (C=O) groups is 1. The van der Waals surface area contributed by atoms with Crippen molar-refractivity contribution in [3.05, 3.63) is 72.1 Å². The summed E-state index contributed by atoms with van der Waals surface area (Å²) < 4.78 is 5.39. The maximum Gasteiger partial charge on any atom is 0.273 e. The van der Waals surface area contributed by atoms with Crippen molar-refractivity contribution in [1.29, 1.82) is 0 Å². The van der Waals surface area contributed by atoms with Gasteiger partial charge in [-0.25, -0.2) is 4.98 Å². The van der Waals surface area contributed by atoms with Crippen LogP contribution in [0.4, 0.5) is 5.69 Å². The molecule has 122 valence electrons. The average Bonchev–Trinajstić information content (AvgIpc) is 3.10. The van der Waals surface area contributed by atoms with Crippen molar-refractivity contribution in [3.8, 4) is 11.5 Å². The first-order valence-corrected chi connectivity index (χ1v) is 7.78. The lowest BCUT2D eigenvalue weighted by Crippen LogP contribution is -2.27. The molecule has 0 aliphatic heterocycles. The van der Waals surface area contributed by atoms with Crippen LogP contribution in [0.15, 0.2) is 65.3 Å². The Hall–Kier alpha value is -3.08. The predicted molar refractivity (Wildman–Crippen MR) is 93.5 cm³/mol. The highest BCUT2D eigenvalue weighted by atomic mass is 16.3. The molecule has 2 aromatic carbocycles. The molecule has 0 bridgehead atoms. The summed E-state index contributed by atoms with van der Waals surface area (Å²) in [6.45, 7) is 2.59. The smallest absolute Gasteiger partial charge is 0.273 e. The van der Waals surface area contributed by atoms with E-state index in [0.29, 0.717) is 23.7 Å². The van der Waals surface area contributed by atoms with Crippen molar-refractivity contribution in [2.24, 2.45) is 0 Å². The minimum atomic E-state index is -0.262. The van der Waals surface area contributed by atoms with Crippen LogP contribution in [0.25, 0.3) is 11.5 Å². The number of anilines is 1. The topological polar surface area (TPSA) is 81.2 Å². The lowest BCUT2D eigenvalue weighted by Gasteiger charge is -2.12. The van der Waals surface area contributed by atoms with Gasteiger partial charge in [-0.1, -0.05) is 49.4 Å². The quantitative estimate of drug-likeness (QED) is 0.705. The molecule has 0 fully saturated rings. The number of nitrogens with zero attached hydrogens (tertiary/aromatic N) is 1. The average molecular weight is 321 g/mol. The van der Waals surface area contributed by atoms with E-state index >= 15 is 0 Å². The molecule has 1 aromatic heterocycles. The molecule has 3 aromatic rings. The standard InChI is InChI=1S/C19H19N3O2/c1-13(14-7-3-2-4-8-14)11-21-18(23)17-12-24-19(22-17)15-9-5-6-10-16(15)20/h2-10,12-13H,11,20H2,1H3,(H,21,23). The molecule has 1 atom stereocenters. The summed E-state index contributed by atoms with van der Waals surface area (Å²) in [5.74, 6) is 0.294. The maximum absolute atomic E-state index is 12.2. The Kier molecular flexibility index (Phi) is 4.61. The summed E-state index contributed by atoms with van der Waals surface area (Å²) in [5, 5.41) is 2.88. The highest BCUT2D eigenvalue weighted by Crippen LogP contribution is 2.24. The lowest BCUT2D eigenvalue weighted by atomic mass is 10.0. The Balaban J connectivity index is 1.65. The fourth-order valence-corrected chi connectivity index (χ4v) is 2.43. The van der Waals surface area contributed by atoms with Gasteiger partial charge in [0, 0.05) is 12.2 Å². The number of nitrogens with two attached hydrogens (primary N) is 1. The van der Waals surface area contributed by atoms with Crippen LogP contribution in [0.2, 0.25) is 0 Å². The molecule has 5 heteroatoms. The molecule has 0 aliphatic carbocycles. The number of rotatable bonds is 5. The van der Waals surface area contributed by atoms with E-state index in [2.05, 4.69) is 17.2 Å². The van der Waals surface area contributed by atoms with E-state index in [9.17, 15) is 4.79 Å². The molecule has 0 saturated heterocycles. The van der Waals surface area contributed by atoms with Crippen LogP contribution in [0.3, 0.4) is 0 Å². The predicted octanol–water partition coefficient (Wildman–Crippen LogP) is 3.46. The van der Waals surface area contributed by atoms with Crippen LogP contribution in [0, 0.1) is 0 Å². The Morgan fingerprint density at radius 2 is 1.88 bits per heavy atom. The maximum atomic E-state index is 12.2. The number of hydrogen-bond donors (Lipinski definition) is 2. The van der Waals surface area contributed by atoms with Gasteiger partial charge in [-0.15, -0.1) is 0 Å². The van der Waals surface area contributed by atoms with Crippen LogP contribution >= 0.6 is 0 Å². The summed E-state index contributed by atoms with van der Waals surface area (Å²) >= 11 is 0. The summed E-state index contributed by atoms with van der Waals surface area (Å²) in [6, 6.07) is 17.3. The molecule has 0 spiro atoms. The molecule has 1 heterocycles. The van der Waals surface area contributed by atoms with Gasteiger partial charge in [-0.05, 0) is 23.6 Å². The van der Waals surface area contributed by atoms with Crippen LogP contribution in [-0.4, -0.2) is 17.4 Å². The third kappa shape index (κ3) is 3.46. The van der Waals surface area contributed by atoms with Gasteiger partial charge in [0.1, 0.15) is 6.26 Å². The second-order valence-electron chi connectivity index (χ2n) is 5.65. The second kappa shape index (κ2) is 7.00. The zero-order valence-electron chi connectivity index (χ0n) is 13.4. The summed E-state index contributed by atoms with van der Waals surface area (Å²) in [4.78, 5) is 16.5. The molecule has 1 amide bonds. The number of para-hydroxylation sites is 1. The van der Waals surface area contributed by atoms with Crippen molar-refractivity contribution in [2.45, 2.75) is 12.8 Å². The first-order chi connectivity index (χ1) is 11.6. The van der Waals surface area contributed by atoms with Crippen molar-refractivity contribution < 1.29 is 9.21 Å². The molecule has 3 N–H and O–H groups in total. The largest absolute Gasteiger partial charge is 0.444 e. The monoisotopic (exact) mass is 321 g/mol. The van der Waals surface area contributed by atoms with E-state index in [1.807, 2.05) is 42.5 Å². The second-order valence-corrected chi connectivity index (χ2v) is 5.65. The van der Waals surface area contributed by atoms with E-state index in [1.165, 1.54) is 11.8 Å². The number of hydrogen-bond acceptors (Lipinski definition) is 4. The molecular formula is C19H19N3O2. The lowest BCUT2D eigenvalue weighted by molar-refractivity contribution is 0.0946. The number of amides is 1. The molecule has 0 aliphatic rings. The van der Waals surface area contributed by atoms with Crippen molar-refractivity contribution in [3.63, 3.8) is 0 Å². The molecule has 24 heavy (non-hydrogen) atoms. The SMILES string of the molecule is CC(CNC(=O)c1coc(-c2ccccc2N)n1)c1ccccc1. The molecular weight excluding hydrogens is 302 g/mol. The number of benzene rings is 2. The van der Waals surface area contributed by atoms with Gasteiger partial charge in [0.05, 0.1) is 5.56 Å². The number of oxazole rings is 1. The fourth-order valence-electron chi connectivity index (χ4n) is 2.43. The Morgan fingerprint density at radius 3 is 2.62 bits per heavy atom. The van der Waals surface area contributed by atoms with Crippen molar-refractivity contribution in [1.82, 2.24) is 10.3 Å². The van der Waals surface area contributed by atoms with E-state index < -0.39 is 0 Å². The van der Waals surface area contributed by atoms with E-state index in [0.717, 1.165) is 0 Å². The molecule has 3 rings (SSSR count). The van der Waals surface area contributed by atoms with Crippen LogP contribution in [0.1, 0.15) is 28.9 Å². The van der Waals surface area contributed by atoms with Crippen molar-refractivity contribution in [2.75, 3.05) is 12.3 Å². The normalized spacial score (nSPS) is 11.9. The minimum absolute atomic E-state index is 0.214. The number of nitrogen functional groups attached to an aromatic ring is 1. The Morgan fingerprint density at radius 1 is 1.17 bits per heavy atom. The third-order valence-corrected chi connectivity index (χ3v) is 3.87. The van der Waals surface area contributed by atoms with Gasteiger partial charge in [-0.2, -0.15) is 0 Å². The number of nitrogens with one attached hydrogen (secondary N) is 1. The molecule has 0 radical (unpaired) electrons. The summed E-state index contributed by atoms with van der Waals surface area (Å²) in [7, 11) is 0. The zero-order valence-corrected chi connectivity index (χ0v) is 13.4. The van der Waals surface area contributed by atoms with Gasteiger partial charge < -0.3 is 15.5 Å². The Bertz CT molecular complexity index is 827. The van der Waals surface area contributed by atoms with Gasteiger partial charge >= 0.3 is 0 Å². The van der Waals surface area contributed by atoms with Crippen molar-refractivity contribution >= 4 is 11.6 Å². The van der Waals surface area contributed by atoms with Crippen LogP contribution in [0.5, 0.6) is 0 Å². The van der Waals surface area contributed by atoms with Gasteiger partial charge in [0.25, 0.3) is 5.91 Å². The van der Waals surface area contributed by atoms with E-state index in [-0.39, 0.29) is 17.5 Å². The van der Waals surface area contributed by atoms with Crippen LogP contribution in [-0.2, 0) is 0 Å². The van der Waals surface area contributed by atoms with E-state index in [1.54, 1.807) is 12.1 Å². The zero-order chi connectivity index (χ0) is 16.9. The molecule has 0 saturated carbocycles. The highest BCUT2D eigenvalue weighted by molar-refractivity contribution is 5.92. The van der Waals surface area contributed by atoms with Gasteiger partial charge in [0.15, 0.2) is 5.69 Å². The molecule has 5 nitrogen and oxygen atoms in total. The van der Waals surface area contributed by atoms with Crippen LogP contribution < -0.4 is 11.1 Å². The van der Waals surface area contributed by atoms with Gasteiger partial charge in [-0.3, -0.25) is 4.79 Å².